The number of aromatic carboxylic acids is 1. The van der Waals surface area contributed by atoms with E-state index in [0.29, 0.717) is 35.6 Å². The molecule has 2 N–H and O–H groups in total. The van der Waals surface area contributed by atoms with E-state index in [1.54, 1.807) is 6.07 Å². The van der Waals surface area contributed by atoms with E-state index in [1.807, 2.05) is 12.1 Å². The highest BCUT2D eigenvalue weighted by Gasteiger charge is 2.33. The average Bonchev–Trinajstić information content (AvgIpc) is 3.62. The molecule has 7 nitrogen and oxygen atoms in total. The number of carboxylic acid groups (broad SMARTS) is 1. The molecule has 0 atom stereocenters. The largest absolute Gasteiger partial charge is 0.477 e. The van der Waals surface area contributed by atoms with E-state index >= 15 is 0 Å². The predicted molar refractivity (Wildman–Crippen MR) is 138 cm³/mol. The Hall–Kier alpha value is -4.04. The zero-order chi connectivity index (χ0) is 25.7. The molecule has 8 heteroatoms. The lowest BCUT2D eigenvalue weighted by atomic mass is 9.95. The van der Waals surface area contributed by atoms with Gasteiger partial charge in [0.05, 0.1) is 6.61 Å². The van der Waals surface area contributed by atoms with E-state index in [9.17, 15) is 19.4 Å². The standard InChI is InChI=1S/C29H26FN3O4/c1-16-4-2-3-5-21(16)26-22(28(37-32-26)18-7-8-18)9-6-17-13-33(14-17)20-11-23-19(15-34)10-25(29(35)36)31-27(23)24(30)12-20/h2-6,9-12,17-18,34H,7-8,13-15H2,1H3,(H,35,36)/b9-6+. The molecule has 0 radical (unpaired) electrons. The maximum atomic E-state index is 14.9. The van der Waals surface area contributed by atoms with Gasteiger partial charge >= 0.3 is 5.97 Å². The minimum atomic E-state index is -1.26. The van der Waals surface area contributed by atoms with E-state index < -0.39 is 18.4 Å². The highest BCUT2D eigenvalue weighted by Crippen LogP contribution is 2.45. The van der Waals surface area contributed by atoms with Crippen LogP contribution in [0.15, 0.2) is 53.1 Å². The van der Waals surface area contributed by atoms with E-state index in [1.165, 1.54) is 12.1 Å². The number of carboxylic acids is 1. The molecule has 1 saturated heterocycles. The maximum Gasteiger partial charge on any atom is 0.354 e. The summed E-state index contributed by atoms with van der Waals surface area (Å²) >= 11 is 0. The normalized spacial score (nSPS) is 16.0. The molecule has 0 spiro atoms. The number of nitrogens with zero attached hydrogens (tertiary/aromatic N) is 3. The van der Waals surface area contributed by atoms with Crippen LogP contribution < -0.4 is 4.90 Å². The molecule has 2 aromatic heterocycles. The van der Waals surface area contributed by atoms with Gasteiger partial charge in [0.2, 0.25) is 0 Å². The fraction of sp³-hybridized carbons (Fsp3) is 0.276. The number of rotatable bonds is 7. The van der Waals surface area contributed by atoms with Gasteiger partial charge in [-0.2, -0.15) is 0 Å². The highest BCUT2D eigenvalue weighted by atomic mass is 19.1. The molecule has 2 aromatic carbocycles. The van der Waals surface area contributed by atoms with E-state index in [0.717, 1.165) is 41.0 Å². The molecule has 4 aromatic rings. The number of aliphatic hydroxyl groups excluding tert-OH is 1. The van der Waals surface area contributed by atoms with Crippen molar-refractivity contribution in [3.05, 3.63) is 82.5 Å². The summed E-state index contributed by atoms with van der Waals surface area (Å²) in [4.78, 5) is 17.3. The van der Waals surface area contributed by atoms with Gasteiger partial charge in [0.25, 0.3) is 0 Å². The summed E-state index contributed by atoms with van der Waals surface area (Å²) in [6.45, 7) is 3.08. The van der Waals surface area contributed by atoms with Gasteiger partial charge < -0.3 is 19.6 Å². The van der Waals surface area contributed by atoms with Crippen molar-refractivity contribution in [2.24, 2.45) is 5.92 Å². The second-order valence-corrected chi connectivity index (χ2v) is 9.88. The number of fused-ring (bicyclic) bond motifs is 1. The Morgan fingerprint density at radius 1 is 1.22 bits per heavy atom. The molecule has 0 unspecified atom stereocenters. The van der Waals surface area contributed by atoms with E-state index in [4.69, 9.17) is 4.52 Å². The lowest BCUT2D eigenvalue weighted by Gasteiger charge is -2.40. The minimum absolute atomic E-state index is 0.0477. The van der Waals surface area contributed by atoms with Gasteiger partial charge in [-0.1, -0.05) is 41.6 Å². The van der Waals surface area contributed by atoms with Crippen molar-refractivity contribution in [2.45, 2.75) is 32.3 Å². The zero-order valence-corrected chi connectivity index (χ0v) is 20.3. The SMILES string of the molecule is Cc1ccccc1-c1noc(C2CC2)c1/C=C/C1CN(c2cc(F)c3nc(C(=O)O)cc(CO)c3c2)C1. The monoisotopic (exact) mass is 499 g/mol. The van der Waals surface area contributed by atoms with Crippen LogP contribution >= 0.6 is 0 Å². The highest BCUT2D eigenvalue weighted by molar-refractivity contribution is 5.93. The van der Waals surface area contributed by atoms with Crippen LogP contribution in [-0.4, -0.2) is 39.4 Å². The number of halogens is 1. The third-order valence-corrected chi connectivity index (χ3v) is 7.24. The zero-order valence-electron chi connectivity index (χ0n) is 20.3. The molecule has 0 amide bonds. The lowest BCUT2D eigenvalue weighted by Crippen LogP contribution is -2.45. The van der Waals surface area contributed by atoms with Crippen LogP contribution in [0.2, 0.25) is 0 Å². The van der Waals surface area contributed by atoms with Crippen molar-refractivity contribution < 1.29 is 23.9 Å². The number of aryl methyl sites for hydroxylation is 1. The van der Waals surface area contributed by atoms with Gasteiger partial charge in [-0.25, -0.2) is 14.2 Å². The van der Waals surface area contributed by atoms with Crippen LogP contribution in [0.4, 0.5) is 10.1 Å². The van der Waals surface area contributed by atoms with Crippen LogP contribution in [0.3, 0.4) is 0 Å². The number of anilines is 1. The minimum Gasteiger partial charge on any atom is -0.477 e. The Balaban J connectivity index is 1.24. The smallest absolute Gasteiger partial charge is 0.354 e. The molecule has 3 heterocycles. The second-order valence-electron chi connectivity index (χ2n) is 9.88. The lowest BCUT2D eigenvalue weighted by molar-refractivity contribution is 0.0690. The van der Waals surface area contributed by atoms with Gasteiger partial charge in [-0.15, -0.1) is 0 Å². The van der Waals surface area contributed by atoms with Crippen LogP contribution in [-0.2, 0) is 6.61 Å². The van der Waals surface area contributed by atoms with Gasteiger partial charge in [0.15, 0.2) is 5.82 Å². The molecule has 6 rings (SSSR count). The average molecular weight is 500 g/mol. The molecule has 1 saturated carbocycles. The molecular weight excluding hydrogens is 473 g/mol. The molecule has 2 aliphatic rings. The fourth-order valence-electron chi connectivity index (χ4n) is 4.98. The van der Waals surface area contributed by atoms with Crippen molar-refractivity contribution in [3.63, 3.8) is 0 Å². The number of aromatic nitrogens is 2. The number of carbonyl (C=O) groups is 1. The Labute approximate surface area is 212 Å². The first-order valence-corrected chi connectivity index (χ1v) is 12.4. The van der Waals surface area contributed by atoms with Crippen molar-refractivity contribution in [3.8, 4) is 11.3 Å². The Morgan fingerprint density at radius 3 is 2.70 bits per heavy atom. The third-order valence-electron chi connectivity index (χ3n) is 7.24. The van der Waals surface area contributed by atoms with Crippen LogP contribution in [0.25, 0.3) is 28.2 Å². The molecule has 37 heavy (non-hydrogen) atoms. The first-order chi connectivity index (χ1) is 17.9. The van der Waals surface area contributed by atoms with Gasteiger partial charge in [0, 0.05) is 47.1 Å². The summed E-state index contributed by atoms with van der Waals surface area (Å²) in [6, 6.07) is 12.6. The topological polar surface area (TPSA) is 99.7 Å². The summed E-state index contributed by atoms with van der Waals surface area (Å²) in [5, 5.41) is 23.8. The molecule has 0 bridgehead atoms. The van der Waals surface area contributed by atoms with E-state index in [-0.39, 0.29) is 17.1 Å². The molecule has 188 valence electrons. The number of benzene rings is 2. The maximum absolute atomic E-state index is 14.9. The van der Waals surface area contributed by atoms with Crippen LogP contribution in [0, 0.1) is 18.7 Å². The summed E-state index contributed by atoms with van der Waals surface area (Å²) in [5.74, 6) is -0.215. The van der Waals surface area contributed by atoms with Crippen molar-refractivity contribution in [2.75, 3.05) is 18.0 Å². The van der Waals surface area contributed by atoms with Gasteiger partial charge in [-0.3, -0.25) is 0 Å². The quantitative estimate of drug-likeness (QED) is 0.344. The van der Waals surface area contributed by atoms with Crippen molar-refractivity contribution in [1.82, 2.24) is 10.1 Å². The summed E-state index contributed by atoms with van der Waals surface area (Å²) in [6.07, 6.45) is 6.53. The summed E-state index contributed by atoms with van der Waals surface area (Å²) in [7, 11) is 0. The first kappa shape index (κ1) is 23.4. The molecule has 1 aliphatic carbocycles. The number of hydrogen-bond acceptors (Lipinski definition) is 6. The molecule has 1 aliphatic heterocycles. The Bertz CT molecular complexity index is 1550. The fourth-order valence-corrected chi connectivity index (χ4v) is 4.98. The molecule has 2 fully saturated rings. The number of hydrogen-bond donors (Lipinski definition) is 2. The van der Waals surface area contributed by atoms with Crippen LogP contribution in [0.5, 0.6) is 0 Å². The Kier molecular flexibility index (Phi) is 5.76. The molecular formula is C29H26FN3O4. The van der Waals surface area contributed by atoms with Crippen molar-refractivity contribution in [1.29, 1.82) is 0 Å². The van der Waals surface area contributed by atoms with Gasteiger partial charge in [-0.05, 0) is 49.1 Å². The predicted octanol–water partition coefficient (Wildman–Crippen LogP) is 5.55. The van der Waals surface area contributed by atoms with E-state index in [2.05, 4.69) is 46.2 Å². The first-order valence-electron chi connectivity index (χ1n) is 12.4. The van der Waals surface area contributed by atoms with Gasteiger partial charge in [0.1, 0.15) is 22.7 Å². The third kappa shape index (κ3) is 4.27. The van der Waals surface area contributed by atoms with Crippen LogP contribution in [0.1, 0.15) is 51.7 Å². The summed E-state index contributed by atoms with van der Waals surface area (Å²) < 4.78 is 20.7. The van der Waals surface area contributed by atoms with Crippen molar-refractivity contribution >= 4 is 28.6 Å². The Morgan fingerprint density at radius 2 is 2.00 bits per heavy atom. The number of pyridine rings is 1. The second kappa shape index (κ2) is 9.12. The number of aliphatic hydroxyl groups is 1. The summed E-state index contributed by atoms with van der Waals surface area (Å²) in [5.41, 5.74) is 4.80.